The van der Waals surface area contributed by atoms with Gasteiger partial charge < -0.3 is 9.32 Å². The highest BCUT2D eigenvalue weighted by atomic mass is 16.3. The Labute approximate surface area is 316 Å². The van der Waals surface area contributed by atoms with Gasteiger partial charge in [0.25, 0.3) is 0 Å². The smallest absolute Gasteiger partial charge is 0.143 e. The first kappa shape index (κ1) is 32.0. The topological polar surface area (TPSA) is 16.4 Å². The van der Waals surface area contributed by atoms with Crippen molar-refractivity contribution in [1.29, 1.82) is 0 Å². The van der Waals surface area contributed by atoms with Crippen molar-refractivity contribution in [3.05, 3.63) is 199 Å². The molecule has 258 valence electrons. The van der Waals surface area contributed by atoms with Crippen molar-refractivity contribution in [2.24, 2.45) is 0 Å². The van der Waals surface area contributed by atoms with Gasteiger partial charge in [-0.05, 0) is 117 Å². The number of anilines is 3. The molecule has 0 saturated carbocycles. The van der Waals surface area contributed by atoms with Gasteiger partial charge in [-0.1, -0.05) is 147 Å². The van der Waals surface area contributed by atoms with Crippen molar-refractivity contribution in [2.45, 2.75) is 25.7 Å². The number of fused-ring (bicyclic) bond motifs is 6. The van der Waals surface area contributed by atoms with Crippen molar-refractivity contribution >= 4 is 39.0 Å². The van der Waals surface area contributed by atoms with Crippen LogP contribution in [0.2, 0.25) is 0 Å². The van der Waals surface area contributed by atoms with Crippen LogP contribution in [0.3, 0.4) is 0 Å². The zero-order chi connectivity index (χ0) is 36.2. The van der Waals surface area contributed by atoms with E-state index in [9.17, 15) is 0 Å². The van der Waals surface area contributed by atoms with Crippen LogP contribution in [0.1, 0.15) is 25.0 Å². The first-order chi connectivity index (χ1) is 26.5. The number of hydrogen-bond donors (Lipinski definition) is 0. The van der Waals surface area contributed by atoms with Crippen molar-refractivity contribution in [1.82, 2.24) is 0 Å². The van der Waals surface area contributed by atoms with Crippen LogP contribution in [-0.2, 0) is 11.8 Å². The summed E-state index contributed by atoms with van der Waals surface area (Å²) >= 11 is 0. The molecule has 0 spiro atoms. The third-order valence-corrected chi connectivity index (χ3v) is 11.2. The lowest BCUT2D eigenvalue weighted by Gasteiger charge is -2.36. The Morgan fingerprint density at radius 1 is 0.426 bits per heavy atom. The van der Waals surface area contributed by atoms with Gasteiger partial charge in [0.15, 0.2) is 0 Å². The SMILES string of the molecule is CC1(C)Cc2ccccc2-c2ccc(N(c3ccccc3)c3ccc(-c4cc(-c5ccc(-c6ccccc6)cc5)cc5c4oc4ccccc45)cc3)cc21. The summed E-state index contributed by atoms with van der Waals surface area (Å²) in [7, 11) is 0. The van der Waals surface area contributed by atoms with Crippen LogP contribution < -0.4 is 4.90 Å². The van der Waals surface area contributed by atoms with Gasteiger partial charge in [-0.2, -0.15) is 0 Å². The van der Waals surface area contributed by atoms with Crippen LogP contribution in [0.25, 0.3) is 66.4 Å². The molecule has 54 heavy (non-hydrogen) atoms. The van der Waals surface area contributed by atoms with Crippen LogP contribution in [0.4, 0.5) is 17.1 Å². The number of nitrogens with zero attached hydrogens (tertiary/aromatic N) is 1. The predicted octanol–water partition coefficient (Wildman–Crippen LogP) is 14.6. The minimum absolute atomic E-state index is 0.0107. The number of furan rings is 1. The molecule has 0 amide bonds. The lowest BCUT2D eigenvalue weighted by atomic mass is 9.70. The molecule has 0 saturated heterocycles. The molecule has 0 aliphatic heterocycles. The van der Waals surface area contributed by atoms with E-state index in [2.05, 4.69) is 201 Å². The van der Waals surface area contributed by atoms with E-state index >= 15 is 0 Å². The first-order valence-electron chi connectivity index (χ1n) is 18.8. The van der Waals surface area contributed by atoms with Crippen molar-refractivity contribution in [3.8, 4) is 44.5 Å². The van der Waals surface area contributed by atoms with E-state index in [1.54, 1.807) is 0 Å². The van der Waals surface area contributed by atoms with Gasteiger partial charge in [0.2, 0.25) is 0 Å². The van der Waals surface area contributed by atoms with Gasteiger partial charge in [0, 0.05) is 33.4 Å². The Hall–Kier alpha value is -6.64. The number of hydrogen-bond acceptors (Lipinski definition) is 2. The summed E-state index contributed by atoms with van der Waals surface area (Å²) in [6, 6.07) is 67.9. The highest BCUT2D eigenvalue weighted by Gasteiger charge is 2.31. The van der Waals surface area contributed by atoms with Gasteiger partial charge in [-0.25, -0.2) is 0 Å². The van der Waals surface area contributed by atoms with E-state index in [0.717, 1.165) is 62.1 Å². The van der Waals surface area contributed by atoms with Crippen LogP contribution in [0.5, 0.6) is 0 Å². The maximum Gasteiger partial charge on any atom is 0.143 e. The summed E-state index contributed by atoms with van der Waals surface area (Å²) in [5, 5.41) is 2.25. The van der Waals surface area contributed by atoms with Crippen molar-refractivity contribution in [3.63, 3.8) is 0 Å². The summed E-state index contributed by atoms with van der Waals surface area (Å²) in [5.41, 5.74) is 17.6. The second-order valence-electron chi connectivity index (χ2n) is 15.1. The molecule has 1 aliphatic rings. The molecule has 2 heteroatoms. The fourth-order valence-electron chi connectivity index (χ4n) is 8.48. The molecule has 8 aromatic carbocycles. The molecular weight excluding hydrogens is 655 g/mol. The van der Waals surface area contributed by atoms with Gasteiger partial charge in [0.1, 0.15) is 11.2 Å². The number of para-hydroxylation sites is 2. The van der Waals surface area contributed by atoms with E-state index in [0.29, 0.717) is 0 Å². The van der Waals surface area contributed by atoms with Gasteiger partial charge >= 0.3 is 0 Å². The average Bonchev–Trinajstić information content (AvgIpc) is 3.60. The van der Waals surface area contributed by atoms with Gasteiger partial charge in [-0.3, -0.25) is 0 Å². The summed E-state index contributed by atoms with van der Waals surface area (Å²) in [6.45, 7) is 4.75. The molecule has 9 aromatic rings. The van der Waals surface area contributed by atoms with Gasteiger partial charge in [-0.15, -0.1) is 0 Å². The quantitative estimate of drug-likeness (QED) is 0.172. The van der Waals surface area contributed by atoms with E-state index < -0.39 is 0 Å². The molecule has 1 aromatic heterocycles. The number of benzene rings is 8. The molecule has 0 fully saturated rings. The van der Waals surface area contributed by atoms with Gasteiger partial charge in [0.05, 0.1) is 0 Å². The molecule has 0 radical (unpaired) electrons. The molecule has 0 atom stereocenters. The third-order valence-electron chi connectivity index (χ3n) is 11.2. The average molecular weight is 694 g/mol. The van der Waals surface area contributed by atoms with E-state index in [-0.39, 0.29) is 5.41 Å². The van der Waals surface area contributed by atoms with E-state index in [1.807, 2.05) is 6.07 Å². The molecule has 0 unspecified atom stereocenters. The third kappa shape index (κ3) is 5.50. The molecule has 1 heterocycles. The molecule has 0 bridgehead atoms. The summed E-state index contributed by atoms with van der Waals surface area (Å²) in [4.78, 5) is 2.38. The zero-order valence-electron chi connectivity index (χ0n) is 30.5. The first-order valence-corrected chi connectivity index (χ1v) is 18.8. The van der Waals surface area contributed by atoms with E-state index in [4.69, 9.17) is 4.42 Å². The largest absolute Gasteiger partial charge is 0.455 e. The standard InChI is InChI=1S/C52H39NO/c1-52(2)34-39-15-9-10-18-44(39)45-30-29-43(33-49(45)52)53(41-16-7-4-8-17-41)42-27-25-38(26-28-42)47-31-40(32-48-46-19-11-12-20-50(46)54-51(47)48)37-23-21-36(22-24-37)35-13-5-3-6-14-35/h3-33H,34H2,1-2H3. The monoisotopic (exact) mass is 693 g/mol. The Bertz CT molecular complexity index is 2790. The lowest BCUT2D eigenvalue weighted by molar-refractivity contribution is 0.517. The van der Waals surface area contributed by atoms with Crippen molar-refractivity contribution in [2.75, 3.05) is 4.90 Å². The van der Waals surface area contributed by atoms with Crippen LogP contribution in [-0.4, -0.2) is 0 Å². The Morgan fingerprint density at radius 2 is 1.02 bits per heavy atom. The Morgan fingerprint density at radius 3 is 1.80 bits per heavy atom. The molecular formula is C52H39NO. The maximum absolute atomic E-state index is 6.61. The summed E-state index contributed by atoms with van der Waals surface area (Å²) < 4.78 is 6.61. The fraction of sp³-hybridized carbons (Fsp3) is 0.0769. The molecule has 0 N–H and O–H groups in total. The summed E-state index contributed by atoms with van der Waals surface area (Å²) in [6.07, 6.45) is 1.02. The minimum Gasteiger partial charge on any atom is -0.455 e. The fourth-order valence-corrected chi connectivity index (χ4v) is 8.48. The van der Waals surface area contributed by atoms with Crippen molar-refractivity contribution < 1.29 is 4.42 Å². The lowest BCUT2D eigenvalue weighted by Crippen LogP contribution is -2.26. The summed E-state index contributed by atoms with van der Waals surface area (Å²) in [5.74, 6) is 0. The Balaban J connectivity index is 1.08. The Kier molecular flexibility index (Phi) is 7.59. The second-order valence-corrected chi connectivity index (χ2v) is 15.1. The highest BCUT2D eigenvalue weighted by Crippen LogP contribution is 2.47. The van der Waals surface area contributed by atoms with Crippen LogP contribution >= 0.6 is 0 Å². The molecule has 1 aliphatic carbocycles. The van der Waals surface area contributed by atoms with Crippen LogP contribution in [0, 0.1) is 0 Å². The highest BCUT2D eigenvalue weighted by molar-refractivity contribution is 6.11. The van der Waals surface area contributed by atoms with E-state index in [1.165, 1.54) is 38.9 Å². The molecule has 10 rings (SSSR count). The minimum atomic E-state index is 0.0107. The normalized spacial score (nSPS) is 13.1. The maximum atomic E-state index is 6.61. The zero-order valence-corrected chi connectivity index (χ0v) is 30.5. The predicted molar refractivity (Wildman–Crippen MR) is 227 cm³/mol. The van der Waals surface area contributed by atoms with Crippen LogP contribution in [0.15, 0.2) is 192 Å². The second kappa shape index (κ2) is 12.8. The number of rotatable bonds is 6. The molecule has 2 nitrogen and oxygen atoms in total.